The van der Waals surface area contributed by atoms with Crippen LogP contribution in [0, 0.1) is 6.92 Å². The molecule has 1 fully saturated rings. The number of rotatable bonds is 7. The number of halogens is 1. The van der Waals surface area contributed by atoms with Crippen LogP contribution in [-0.2, 0) is 11.3 Å². The van der Waals surface area contributed by atoms with E-state index in [4.69, 9.17) is 16.3 Å². The lowest BCUT2D eigenvalue weighted by atomic mass is 10.2. The average Bonchev–Trinajstić information content (AvgIpc) is 2.62. The standard InChI is InChI=1S/C18H24ClN5O/c1-14-12-17(20-6-7-24-8-10-25-11-9-24)23-18(22-14)21-13-15-4-2-3-5-16(15)19/h2-5,12H,6-11,13H2,1H3,(H2,20,21,22,23). The second kappa shape index (κ2) is 8.99. The zero-order valence-electron chi connectivity index (χ0n) is 14.5. The summed E-state index contributed by atoms with van der Waals surface area (Å²) < 4.78 is 5.37. The Kier molecular flexibility index (Phi) is 6.44. The molecule has 6 nitrogen and oxygen atoms in total. The normalized spacial score (nSPS) is 15.1. The van der Waals surface area contributed by atoms with Crippen molar-refractivity contribution in [3.63, 3.8) is 0 Å². The molecule has 0 amide bonds. The summed E-state index contributed by atoms with van der Waals surface area (Å²) in [5.74, 6) is 1.44. The smallest absolute Gasteiger partial charge is 0.225 e. The highest BCUT2D eigenvalue weighted by Gasteiger charge is 2.10. The number of morpholine rings is 1. The summed E-state index contributed by atoms with van der Waals surface area (Å²) in [5.41, 5.74) is 1.95. The highest BCUT2D eigenvalue weighted by molar-refractivity contribution is 6.31. The fourth-order valence-corrected chi connectivity index (χ4v) is 2.92. The molecule has 25 heavy (non-hydrogen) atoms. The zero-order valence-corrected chi connectivity index (χ0v) is 15.2. The molecule has 3 rings (SSSR count). The summed E-state index contributed by atoms with van der Waals surface area (Å²) in [6, 6.07) is 9.73. The number of aryl methyl sites for hydroxylation is 1. The number of nitrogens with zero attached hydrogens (tertiary/aromatic N) is 3. The third kappa shape index (κ3) is 5.56. The molecular weight excluding hydrogens is 338 g/mol. The van der Waals surface area contributed by atoms with Crippen molar-refractivity contribution in [1.29, 1.82) is 0 Å². The fourth-order valence-electron chi connectivity index (χ4n) is 2.72. The third-order valence-electron chi connectivity index (χ3n) is 4.09. The predicted molar refractivity (Wildman–Crippen MR) is 101 cm³/mol. The van der Waals surface area contributed by atoms with E-state index in [-0.39, 0.29) is 0 Å². The quantitative estimate of drug-likeness (QED) is 0.790. The maximum atomic E-state index is 6.19. The second-order valence-electron chi connectivity index (χ2n) is 6.04. The number of hydrogen-bond donors (Lipinski definition) is 2. The molecule has 1 aliphatic heterocycles. The van der Waals surface area contributed by atoms with E-state index < -0.39 is 0 Å². The summed E-state index contributed by atoms with van der Waals surface area (Å²) in [4.78, 5) is 11.4. The van der Waals surface area contributed by atoms with E-state index in [0.717, 1.165) is 61.5 Å². The van der Waals surface area contributed by atoms with Gasteiger partial charge < -0.3 is 15.4 Å². The maximum Gasteiger partial charge on any atom is 0.225 e. The lowest BCUT2D eigenvalue weighted by molar-refractivity contribution is 0.0398. The molecule has 2 N–H and O–H groups in total. The largest absolute Gasteiger partial charge is 0.379 e. The van der Waals surface area contributed by atoms with Crippen LogP contribution in [0.4, 0.5) is 11.8 Å². The second-order valence-corrected chi connectivity index (χ2v) is 6.45. The molecule has 1 saturated heterocycles. The molecule has 0 radical (unpaired) electrons. The Morgan fingerprint density at radius 1 is 1.16 bits per heavy atom. The minimum atomic E-state index is 0.594. The maximum absolute atomic E-state index is 6.19. The van der Waals surface area contributed by atoms with E-state index in [1.807, 2.05) is 37.3 Å². The highest BCUT2D eigenvalue weighted by atomic mass is 35.5. The van der Waals surface area contributed by atoms with Crippen LogP contribution in [0.5, 0.6) is 0 Å². The fraction of sp³-hybridized carbons (Fsp3) is 0.444. The molecule has 1 aromatic heterocycles. The highest BCUT2D eigenvalue weighted by Crippen LogP contribution is 2.16. The Bertz CT molecular complexity index is 691. The van der Waals surface area contributed by atoms with Crippen LogP contribution in [-0.4, -0.2) is 54.3 Å². The molecule has 0 saturated carbocycles. The van der Waals surface area contributed by atoms with Gasteiger partial charge in [0, 0.05) is 49.5 Å². The Labute approximate surface area is 153 Å². The lowest BCUT2D eigenvalue weighted by Crippen LogP contribution is -2.39. The summed E-state index contributed by atoms with van der Waals surface area (Å²) in [6.07, 6.45) is 0. The summed E-state index contributed by atoms with van der Waals surface area (Å²) in [6.45, 7) is 8.02. The monoisotopic (exact) mass is 361 g/mol. The first-order valence-corrected chi connectivity index (χ1v) is 8.95. The van der Waals surface area contributed by atoms with Crippen molar-refractivity contribution in [3.8, 4) is 0 Å². The molecule has 0 bridgehead atoms. The van der Waals surface area contributed by atoms with Crippen LogP contribution in [0.2, 0.25) is 5.02 Å². The van der Waals surface area contributed by atoms with Gasteiger partial charge in [0.25, 0.3) is 0 Å². The summed E-state index contributed by atoms with van der Waals surface area (Å²) in [5, 5.41) is 7.37. The molecule has 0 aliphatic carbocycles. The molecule has 1 aromatic carbocycles. The van der Waals surface area contributed by atoms with Gasteiger partial charge in [-0.05, 0) is 18.6 Å². The molecule has 0 unspecified atom stereocenters. The molecular formula is C18H24ClN5O. The Hall–Kier alpha value is -1.89. The number of aromatic nitrogens is 2. The van der Waals surface area contributed by atoms with Crippen LogP contribution in [0.25, 0.3) is 0 Å². The van der Waals surface area contributed by atoms with Crippen molar-refractivity contribution in [1.82, 2.24) is 14.9 Å². The molecule has 0 spiro atoms. The number of anilines is 2. The minimum Gasteiger partial charge on any atom is -0.379 e. The van der Waals surface area contributed by atoms with Crippen molar-refractivity contribution in [2.24, 2.45) is 0 Å². The average molecular weight is 362 g/mol. The van der Waals surface area contributed by atoms with E-state index in [0.29, 0.717) is 12.5 Å². The van der Waals surface area contributed by atoms with Crippen molar-refractivity contribution < 1.29 is 4.74 Å². The van der Waals surface area contributed by atoms with Crippen LogP contribution < -0.4 is 10.6 Å². The van der Waals surface area contributed by atoms with E-state index in [2.05, 4.69) is 25.5 Å². The minimum absolute atomic E-state index is 0.594. The summed E-state index contributed by atoms with van der Waals surface area (Å²) >= 11 is 6.19. The van der Waals surface area contributed by atoms with Crippen LogP contribution in [0.3, 0.4) is 0 Å². The van der Waals surface area contributed by atoms with E-state index in [1.54, 1.807) is 0 Å². The topological polar surface area (TPSA) is 62.3 Å². The van der Waals surface area contributed by atoms with Gasteiger partial charge >= 0.3 is 0 Å². The van der Waals surface area contributed by atoms with Crippen molar-refractivity contribution in [2.75, 3.05) is 50.0 Å². The lowest BCUT2D eigenvalue weighted by Gasteiger charge is -2.26. The first-order valence-electron chi connectivity index (χ1n) is 8.57. The van der Waals surface area contributed by atoms with Gasteiger partial charge in [-0.1, -0.05) is 29.8 Å². The summed E-state index contributed by atoms with van der Waals surface area (Å²) in [7, 11) is 0. The Balaban J connectivity index is 1.53. The Morgan fingerprint density at radius 2 is 1.96 bits per heavy atom. The Morgan fingerprint density at radius 3 is 2.76 bits per heavy atom. The van der Waals surface area contributed by atoms with E-state index in [9.17, 15) is 0 Å². The van der Waals surface area contributed by atoms with Gasteiger partial charge in [0.2, 0.25) is 5.95 Å². The van der Waals surface area contributed by atoms with Crippen LogP contribution >= 0.6 is 11.6 Å². The van der Waals surface area contributed by atoms with Gasteiger partial charge in [0.1, 0.15) is 5.82 Å². The molecule has 1 aliphatic rings. The van der Waals surface area contributed by atoms with Gasteiger partial charge in [-0.25, -0.2) is 4.98 Å². The molecule has 2 aromatic rings. The van der Waals surface area contributed by atoms with Crippen molar-refractivity contribution in [3.05, 3.63) is 46.6 Å². The molecule has 7 heteroatoms. The van der Waals surface area contributed by atoms with Gasteiger partial charge in [-0.2, -0.15) is 4.98 Å². The number of ether oxygens (including phenoxy) is 1. The van der Waals surface area contributed by atoms with Crippen molar-refractivity contribution >= 4 is 23.4 Å². The number of nitrogens with one attached hydrogen (secondary N) is 2. The molecule has 2 heterocycles. The first-order chi connectivity index (χ1) is 12.2. The number of benzene rings is 1. The number of hydrogen-bond acceptors (Lipinski definition) is 6. The van der Waals surface area contributed by atoms with Gasteiger partial charge in [0.15, 0.2) is 0 Å². The van der Waals surface area contributed by atoms with Crippen LogP contribution in [0.15, 0.2) is 30.3 Å². The first kappa shape index (κ1) is 17.9. The van der Waals surface area contributed by atoms with Gasteiger partial charge in [-0.3, -0.25) is 4.90 Å². The third-order valence-corrected chi connectivity index (χ3v) is 4.46. The van der Waals surface area contributed by atoms with Gasteiger partial charge in [0.05, 0.1) is 13.2 Å². The SMILES string of the molecule is Cc1cc(NCCN2CCOCC2)nc(NCc2ccccc2Cl)n1. The van der Waals surface area contributed by atoms with E-state index >= 15 is 0 Å². The van der Waals surface area contributed by atoms with Crippen LogP contribution in [0.1, 0.15) is 11.3 Å². The molecule has 0 atom stereocenters. The predicted octanol–water partition coefficient (Wildman–Crippen LogP) is 2.79. The molecule has 134 valence electrons. The van der Waals surface area contributed by atoms with Crippen molar-refractivity contribution in [2.45, 2.75) is 13.5 Å². The van der Waals surface area contributed by atoms with Gasteiger partial charge in [-0.15, -0.1) is 0 Å². The zero-order chi connectivity index (χ0) is 17.5. The van der Waals surface area contributed by atoms with E-state index in [1.165, 1.54) is 0 Å².